The van der Waals surface area contributed by atoms with Gasteiger partial charge in [-0.05, 0) is 39.9 Å². The van der Waals surface area contributed by atoms with Gasteiger partial charge in [0, 0.05) is 50.9 Å². The number of fused-ring (bicyclic) bond motifs is 3. The third-order valence-electron chi connectivity index (χ3n) is 11.6. The largest absolute Gasteiger partial charge is 0.469 e. The Morgan fingerprint density at radius 3 is 1.84 bits per heavy atom. The molecule has 1 radical (unpaired) electrons. The number of aryl methyl sites for hydroxylation is 1. The van der Waals surface area contributed by atoms with Crippen molar-refractivity contribution in [1.29, 1.82) is 0 Å². The van der Waals surface area contributed by atoms with Gasteiger partial charge in [0.05, 0.1) is 37.4 Å². The predicted molar refractivity (Wildman–Crippen MR) is 254 cm³/mol. The number of rotatable bonds is 7. The van der Waals surface area contributed by atoms with E-state index in [0.717, 1.165) is 61.1 Å². The van der Waals surface area contributed by atoms with Crippen LogP contribution in [0.1, 0.15) is 40.7 Å². The maximum absolute atomic E-state index is 6.42. The molecule has 9 aromatic rings. The Kier molecular flexibility index (Phi) is 12.5. The minimum Gasteiger partial charge on any atom is -0.469 e. The first-order valence-electron chi connectivity index (χ1n) is 20.5. The number of aromatic nitrogens is 2. The molecule has 6 aromatic carbocycles. The zero-order valence-electron chi connectivity index (χ0n) is 35.7. The van der Waals surface area contributed by atoms with E-state index in [9.17, 15) is 0 Å². The zero-order valence-corrected chi connectivity index (χ0v) is 39.1. The van der Waals surface area contributed by atoms with Gasteiger partial charge in [-0.1, -0.05) is 166 Å². The molecule has 61 heavy (non-hydrogen) atoms. The molecule has 9 rings (SSSR count). The van der Waals surface area contributed by atoms with Gasteiger partial charge in [-0.25, -0.2) is 0 Å². The molecule has 0 aliphatic carbocycles. The first-order valence-corrected chi connectivity index (χ1v) is 24.0. The fourth-order valence-corrected chi connectivity index (χ4v) is 9.19. The van der Waals surface area contributed by atoms with Crippen LogP contribution in [0.5, 0.6) is 0 Å². The SMILES string of the molecule is [CH2-]c1cc(C)ccc1-c1ccc([Si](C)(C)C)c[n+]1[CH2-].[CH2-]c1cc2oc3cc(-c4ccccc4-c4ccccc4)ccc3c2cc1-c1cc(C(C)c2ccccc2)cc[n+]1[CH2-].[Ir]. The molecule has 3 heterocycles. The molecular formula is C56H52IrN2OSi-2. The zero-order chi connectivity index (χ0) is 42.1. The summed E-state index contributed by atoms with van der Waals surface area (Å²) in [5.74, 6) is 0.264. The van der Waals surface area contributed by atoms with Crippen molar-refractivity contribution in [3.63, 3.8) is 0 Å². The molecule has 0 saturated carbocycles. The summed E-state index contributed by atoms with van der Waals surface area (Å²) in [5.41, 5.74) is 16.5. The molecule has 0 aliphatic heterocycles. The number of hydrogen-bond acceptors (Lipinski definition) is 1. The molecule has 3 aromatic heterocycles. The van der Waals surface area contributed by atoms with Crippen molar-refractivity contribution in [2.45, 2.75) is 39.4 Å². The Morgan fingerprint density at radius 2 is 1.16 bits per heavy atom. The Hall–Kier alpha value is -6.23. The summed E-state index contributed by atoms with van der Waals surface area (Å²) in [7, 11) is 7.14. The summed E-state index contributed by atoms with van der Waals surface area (Å²) < 4.78 is 10.3. The fraction of sp³-hybridized carbons (Fsp3) is 0.107. The van der Waals surface area contributed by atoms with Crippen LogP contribution in [0.25, 0.3) is 66.7 Å². The van der Waals surface area contributed by atoms with Crippen LogP contribution in [0, 0.1) is 34.9 Å². The van der Waals surface area contributed by atoms with E-state index in [1.807, 2.05) is 21.4 Å². The van der Waals surface area contributed by atoms with Gasteiger partial charge in [-0.2, -0.15) is 31.0 Å². The average molecular weight is 989 g/mol. The van der Waals surface area contributed by atoms with Gasteiger partial charge in [-0.3, -0.25) is 0 Å². The van der Waals surface area contributed by atoms with Gasteiger partial charge in [0.15, 0.2) is 0 Å². The van der Waals surface area contributed by atoms with Crippen LogP contribution in [0.3, 0.4) is 0 Å². The normalized spacial score (nSPS) is 11.8. The summed E-state index contributed by atoms with van der Waals surface area (Å²) in [6.07, 6.45) is 4.21. The number of hydrogen-bond donors (Lipinski definition) is 0. The van der Waals surface area contributed by atoms with Gasteiger partial charge >= 0.3 is 0 Å². The van der Waals surface area contributed by atoms with E-state index >= 15 is 0 Å². The molecule has 3 nitrogen and oxygen atoms in total. The molecule has 307 valence electrons. The minimum absolute atomic E-state index is 0. The molecule has 0 saturated heterocycles. The number of pyridine rings is 2. The Morgan fingerprint density at radius 1 is 0.525 bits per heavy atom. The third kappa shape index (κ3) is 8.97. The van der Waals surface area contributed by atoms with Crippen LogP contribution in [-0.2, 0) is 20.1 Å². The monoisotopic (exact) mass is 989 g/mol. The number of furan rings is 1. The smallest absolute Gasteiger partial charge is 0.134 e. The van der Waals surface area contributed by atoms with E-state index in [4.69, 9.17) is 4.42 Å². The minimum atomic E-state index is -1.29. The van der Waals surface area contributed by atoms with Crippen molar-refractivity contribution in [1.82, 2.24) is 0 Å². The second kappa shape index (κ2) is 17.8. The molecule has 1 atom stereocenters. The topological polar surface area (TPSA) is 20.9 Å². The maximum Gasteiger partial charge on any atom is 0.134 e. The summed E-state index contributed by atoms with van der Waals surface area (Å²) in [6.45, 7) is 19.9. The molecule has 0 aliphatic rings. The Bertz CT molecular complexity index is 2980. The summed E-state index contributed by atoms with van der Waals surface area (Å²) in [4.78, 5) is 0. The molecule has 0 spiro atoms. The van der Waals surface area contributed by atoms with Crippen LogP contribution in [0.4, 0.5) is 0 Å². The second-order valence-corrected chi connectivity index (χ2v) is 21.9. The molecular weight excluding hydrogens is 937 g/mol. The van der Waals surface area contributed by atoms with Crippen LogP contribution in [0.2, 0.25) is 19.6 Å². The Balaban J connectivity index is 0.000000237. The first kappa shape index (κ1) is 42.9. The van der Waals surface area contributed by atoms with Crippen molar-refractivity contribution in [2.24, 2.45) is 0 Å². The molecule has 0 bridgehead atoms. The van der Waals surface area contributed by atoms with Crippen LogP contribution < -0.4 is 14.3 Å². The van der Waals surface area contributed by atoms with Gasteiger partial charge in [0.2, 0.25) is 0 Å². The number of benzene rings is 6. The van der Waals surface area contributed by atoms with E-state index in [1.165, 1.54) is 38.6 Å². The Labute approximate surface area is 376 Å². The van der Waals surface area contributed by atoms with E-state index in [-0.39, 0.29) is 26.0 Å². The molecule has 0 N–H and O–H groups in total. The van der Waals surface area contributed by atoms with Gasteiger partial charge in [-0.15, -0.1) is 34.9 Å². The van der Waals surface area contributed by atoms with Gasteiger partial charge < -0.3 is 13.6 Å². The maximum atomic E-state index is 6.42. The van der Waals surface area contributed by atoms with Crippen molar-refractivity contribution >= 4 is 35.2 Å². The molecule has 0 fully saturated rings. The second-order valence-electron chi connectivity index (χ2n) is 16.9. The molecule has 0 amide bonds. The average Bonchev–Trinajstić information content (AvgIpc) is 3.60. The quantitative estimate of drug-likeness (QED) is 0.0885. The van der Waals surface area contributed by atoms with E-state index < -0.39 is 8.07 Å². The standard InChI is InChI=1S/C39H30NO.C17H22NSi.Ir/c1-26-22-38-36(25-35(26)37-23-30(20-21-40(37)3)27(2)28-12-6-4-7-13-28)34-19-18-31(24-39(34)41-38)33-17-11-10-16-32(33)29-14-8-5-9-15-29;1-13-7-9-16(14(2)11-13)17-10-8-15(12-18(17)3)19(4,5)6;/h4-25,27H,1,3H2,2H3;7-12H,2-3H2,1,4-6H3;/q2*-1;. The molecule has 5 heteroatoms. The van der Waals surface area contributed by atoms with E-state index in [0.29, 0.717) is 0 Å². The van der Waals surface area contributed by atoms with Crippen molar-refractivity contribution < 1.29 is 33.7 Å². The van der Waals surface area contributed by atoms with Crippen LogP contribution >= 0.6 is 0 Å². The van der Waals surface area contributed by atoms with Crippen molar-refractivity contribution in [3.8, 4) is 44.8 Å². The van der Waals surface area contributed by atoms with Crippen LogP contribution in [-0.4, -0.2) is 8.07 Å². The van der Waals surface area contributed by atoms with E-state index in [1.54, 1.807) is 0 Å². The summed E-state index contributed by atoms with van der Waals surface area (Å²) >= 11 is 0. The predicted octanol–water partition coefficient (Wildman–Crippen LogP) is 13.2. The van der Waals surface area contributed by atoms with Crippen LogP contribution in [0.15, 0.2) is 175 Å². The summed E-state index contributed by atoms with van der Waals surface area (Å²) in [5, 5.41) is 3.59. The van der Waals surface area contributed by atoms with Crippen molar-refractivity contribution in [2.75, 3.05) is 0 Å². The molecule has 1 unspecified atom stereocenters. The van der Waals surface area contributed by atoms with E-state index in [2.05, 4.69) is 219 Å². The third-order valence-corrected chi connectivity index (χ3v) is 13.6. The van der Waals surface area contributed by atoms with Gasteiger partial charge in [0.25, 0.3) is 0 Å². The van der Waals surface area contributed by atoms with Gasteiger partial charge in [0.1, 0.15) is 5.58 Å². The fourth-order valence-electron chi connectivity index (χ4n) is 8.06. The first-order chi connectivity index (χ1) is 28.9. The summed E-state index contributed by atoms with van der Waals surface area (Å²) in [6, 6.07) is 55.6. The van der Waals surface area contributed by atoms with Crippen molar-refractivity contribution in [3.05, 3.63) is 226 Å². The number of nitrogens with zero attached hydrogens (tertiary/aromatic N) is 2.